The first kappa shape index (κ1) is 16.6. The molecule has 22 heavy (non-hydrogen) atoms. The van der Waals surface area contributed by atoms with Gasteiger partial charge in [0, 0.05) is 10.7 Å². The molecule has 0 radical (unpaired) electrons. The molecule has 0 heterocycles. The van der Waals surface area contributed by atoms with Crippen molar-refractivity contribution in [2.24, 2.45) is 0 Å². The van der Waals surface area contributed by atoms with Gasteiger partial charge in [0.1, 0.15) is 18.1 Å². The number of halogens is 1. The average Bonchev–Trinajstić information content (AvgIpc) is 2.51. The second-order valence-corrected chi connectivity index (χ2v) is 7.59. The predicted octanol–water partition coefficient (Wildman–Crippen LogP) is 3.60. The van der Waals surface area contributed by atoms with Crippen LogP contribution in [0.25, 0.3) is 0 Å². The first-order valence-corrected chi connectivity index (χ1v) is 9.33. The summed E-state index contributed by atoms with van der Waals surface area (Å²) in [6.07, 6.45) is 0.359. The van der Waals surface area contributed by atoms with E-state index in [1.807, 2.05) is 42.5 Å². The fourth-order valence-electron chi connectivity index (χ4n) is 1.79. The Morgan fingerprint density at radius 3 is 2.05 bits per heavy atom. The third kappa shape index (κ3) is 6.37. The van der Waals surface area contributed by atoms with Crippen LogP contribution in [0.15, 0.2) is 54.6 Å². The Kier molecular flexibility index (Phi) is 6.10. The van der Waals surface area contributed by atoms with Gasteiger partial charge in [0.15, 0.2) is 0 Å². The summed E-state index contributed by atoms with van der Waals surface area (Å²) in [5.41, 5.74) is 1.10. The maximum Gasteiger partial charge on any atom is 0.232 e. The lowest BCUT2D eigenvalue weighted by Gasteiger charge is -2.08. The van der Waals surface area contributed by atoms with Crippen LogP contribution < -0.4 is 9.47 Å². The molecule has 0 aliphatic heterocycles. The van der Waals surface area contributed by atoms with E-state index in [1.54, 1.807) is 12.1 Å². The first-order valence-electron chi connectivity index (χ1n) is 6.85. The highest BCUT2D eigenvalue weighted by Gasteiger charge is 2.04. The summed E-state index contributed by atoms with van der Waals surface area (Å²) in [6.45, 7) is 0.810. The normalized spacial score (nSPS) is 11.1. The lowest BCUT2D eigenvalue weighted by atomic mass is 10.2. The quantitative estimate of drug-likeness (QED) is 0.544. The Balaban J connectivity index is 1.75. The van der Waals surface area contributed by atoms with Crippen molar-refractivity contribution >= 4 is 19.7 Å². The van der Waals surface area contributed by atoms with Gasteiger partial charge in [-0.1, -0.05) is 30.3 Å². The minimum Gasteiger partial charge on any atom is -0.494 e. The van der Waals surface area contributed by atoms with Gasteiger partial charge in [0.2, 0.25) is 9.05 Å². The zero-order valence-corrected chi connectivity index (χ0v) is 13.5. The Labute approximate surface area is 135 Å². The van der Waals surface area contributed by atoms with Gasteiger partial charge in [0.05, 0.1) is 12.4 Å². The van der Waals surface area contributed by atoms with Crippen LogP contribution in [-0.2, 0) is 15.7 Å². The summed E-state index contributed by atoms with van der Waals surface area (Å²) in [5.74, 6) is 1.32. The van der Waals surface area contributed by atoms with Gasteiger partial charge < -0.3 is 9.47 Å². The highest BCUT2D eigenvalue weighted by molar-refractivity contribution is 8.13. The van der Waals surface area contributed by atoms with Crippen LogP contribution in [0.2, 0.25) is 0 Å². The lowest BCUT2D eigenvalue weighted by Crippen LogP contribution is -2.04. The van der Waals surface area contributed by atoms with E-state index >= 15 is 0 Å². The van der Waals surface area contributed by atoms with Gasteiger partial charge in [-0.3, -0.25) is 0 Å². The molecule has 0 unspecified atom stereocenters. The molecule has 0 amide bonds. The Hall–Kier alpha value is -1.72. The van der Waals surface area contributed by atoms with E-state index in [0.717, 1.165) is 11.3 Å². The molecule has 2 aromatic rings. The van der Waals surface area contributed by atoms with Gasteiger partial charge in [-0.15, -0.1) is 0 Å². The third-order valence-electron chi connectivity index (χ3n) is 2.87. The molecule has 6 heteroatoms. The summed E-state index contributed by atoms with van der Waals surface area (Å²) >= 11 is 0. The molecule has 0 spiro atoms. The molecule has 4 nitrogen and oxygen atoms in total. The van der Waals surface area contributed by atoms with E-state index < -0.39 is 9.05 Å². The predicted molar refractivity (Wildman–Crippen MR) is 87.0 cm³/mol. The van der Waals surface area contributed by atoms with Crippen LogP contribution >= 0.6 is 10.7 Å². The molecule has 0 atom stereocenters. The fraction of sp³-hybridized carbons (Fsp3) is 0.250. The van der Waals surface area contributed by atoms with E-state index in [0.29, 0.717) is 25.4 Å². The first-order chi connectivity index (χ1) is 10.5. The molecule has 0 aliphatic rings. The van der Waals surface area contributed by atoms with Crippen molar-refractivity contribution in [3.05, 3.63) is 60.2 Å². The van der Waals surface area contributed by atoms with Crippen molar-refractivity contribution in [1.29, 1.82) is 0 Å². The zero-order chi connectivity index (χ0) is 15.8. The summed E-state index contributed by atoms with van der Waals surface area (Å²) in [5, 5.41) is 0. The van der Waals surface area contributed by atoms with E-state index in [1.165, 1.54) is 0 Å². The second-order valence-electron chi connectivity index (χ2n) is 4.69. The van der Waals surface area contributed by atoms with Gasteiger partial charge in [0.25, 0.3) is 0 Å². The van der Waals surface area contributed by atoms with Gasteiger partial charge >= 0.3 is 0 Å². The summed E-state index contributed by atoms with van der Waals surface area (Å²) in [7, 11) is 1.67. The summed E-state index contributed by atoms with van der Waals surface area (Å²) in [6, 6.07) is 17.1. The largest absolute Gasteiger partial charge is 0.494 e. The van der Waals surface area contributed by atoms with Crippen LogP contribution in [-0.4, -0.2) is 20.8 Å². The van der Waals surface area contributed by atoms with Gasteiger partial charge in [-0.25, -0.2) is 8.42 Å². The van der Waals surface area contributed by atoms with E-state index in [9.17, 15) is 8.42 Å². The third-order valence-corrected chi connectivity index (χ3v) is 4.11. The topological polar surface area (TPSA) is 52.6 Å². The molecule has 0 aromatic heterocycles. The van der Waals surface area contributed by atoms with Crippen molar-refractivity contribution in [1.82, 2.24) is 0 Å². The smallest absolute Gasteiger partial charge is 0.232 e. The van der Waals surface area contributed by atoms with E-state index in [2.05, 4.69) is 0 Å². The summed E-state index contributed by atoms with van der Waals surface area (Å²) in [4.78, 5) is 0. The highest BCUT2D eigenvalue weighted by atomic mass is 35.7. The molecule has 118 valence electrons. The summed E-state index contributed by atoms with van der Waals surface area (Å²) < 4.78 is 32.6. The van der Waals surface area contributed by atoms with Crippen LogP contribution in [0.4, 0.5) is 0 Å². The molecule has 2 rings (SSSR count). The number of benzene rings is 2. The molecule has 0 aliphatic carbocycles. The highest BCUT2D eigenvalue weighted by Crippen LogP contribution is 2.19. The number of hydrogen-bond acceptors (Lipinski definition) is 4. The van der Waals surface area contributed by atoms with Crippen LogP contribution in [0, 0.1) is 0 Å². The number of hydrogen-bond donors (Lipinski definition) is 0. The van der Waals surface area contributed by atoms with E-state index in [-0.39, 0.29) is 5.75 Å². The van der Waals surface area contributed by atoms with Gasteiger partial charge in [-0.2, -0.15) is 0 Å². The minimum atomic E-state index is -3.45. The molecule has 0 N–H and O–H groups in total. The molecular formula is C16H17ClO4S. The Morgan fingerprint density at radius 2 is 1.45 bits per heavy atom. The van der Waals surface area contributed by atoms with Crippen LogP contribution in [0.1, 0.15) is 12.0 Å². The number of rotatable bonds is 8. The monoisotopic (exact) mass is 340 g/mol. The van der Waals surface area contributed by atoms with Crippen molar-refractivity contribution < 1.29 is 17.9 Å². The Bertz CT molecular complexity index is 669. The van der Waals surface area contributed by atoms with Crippen LogP contribution in [0.3, 0.4) is 0 Å². The maximum absolute atomic E-state index is 10.8. The minimum absolute atomic E-state index is 0.0905. The molecule has 0 saturated heterocycles. The molecule has 0 bridgehead atoms. The van der Waals surface area contributed by atoms with Crippen molar-refractivity contribution in [2.75, 3.05) is 12.4 Å². The van der Waals surface area contributed by atoms with Crippen molar-refractivity contribution in [3.63, 3.8) is 0 Å². The number of ether oxygens (including phenoxy) is 2. The fourth-order valence-corrected chi connectivity index (χ4v) is 2.58. The second kappa shape index (κ2) is 8.06. The van der Waals surface area contributed by atoms with Crippen molar-refractivity contribution in [2.45, 2.75) is 13.0 Å². The Morgan fingerprint density at radius 1 is 0.864 bits per heavy atom. The molecule has 0 fully saturated rings. The van der Waals surface area contributed by atoms with Crippen LogP contribution in [0.5, 0.6) is 11.5 Å². The SMILES string of the molecule is O=S(=O)(Cl)CCCOc1ccc(OCc2ccccc2)cc1. The maximum atomic E-state index is 10.8. The standard InChI is InChI=1S/C16H17ClO4S/c17-22(18,19)12-4-11-20-15-7-9-16(10-8-15)21-13-14-5-2-1-3-6-14/h1-3,5-10H,4,11-13H2. The lowest BCUT2D eigenvalue weighted by molar-refractivity contribution is 0.301. The molecular weight excluding hydrogens is 324 g/mol. The molecule has 2 aromatic carbocycles. The van der Waals surface area contributed by atoms with Gasteiger partial charge in [-0.05, 0) is 36.2 Å². The van der Waals surface area contributed by atoms with Crippen molar-refractivity contribution in [3.8, 4) is 11.5 Å². The average molecular weight is 341 g/mol. The van der Waals surface area contributed by atoms with E-state index in [4.69, 9.17) is 20.2 Å². The molecule has 0 saturated carbocycles. The zero-order valence-electron chi connectivity index (χ0n) is 11.9.